The summed E-state index contributed by atoms with van der Waals surface area (Å²) >= 11 is 0. The fourth-order valence-corrected chi connectivity index (χ4v) is 1.17. The first-order chi connectivity index (χ1) is 7.01. The molecular weight excluding hydrogens is 196 g/mol. The van der Waals surface area contributed by atoms with Gasteiger partial charge in [-0.3, -0.25) is 4.79 Å². The maximum Gasteiger partial charge on any atom is 0.220 e. The van der Waals surface area contributed by atoms with Crippen molar-refractivity contribution >= 4 is 5.91 Å². The van der Waals surface area contributed by atoms with Gasteiger partial charge in [0, 0.05) is 6.42 Å². The second-order valence-electron chi connectivity index (χ2n) is 4.14. The van der Waals surface area contributed by atoms with Crippen LogP contribution in [0.4, 0.5) is 0 Å². The predicted octanol–water partition coefficient (Wildman–Crippen LogP) is -0.779. The minimum Gasteiger partial charge on any atom is -0.394 e. The van der Waals surface area contributed by atoms with E-state index in [1.807, 2.05) is 6.92 Å². The summed E-state index contributed by atoms with van der Waals surface area (Å²) in [4.78, 5) is 11.5. The van der Waals surface area contributed by atoms with E-state index in [1.54, 1.807) is 6.92 Å². The Morgan fingerprint density at radius 2 is 2.00 bits per heavy atom. The van der Waals surface area contributed by atoms with Gasteiger partial charge in [-0.05, 0) is 19.4 Å². The van der Waals surface area contributed by atoms with E-state index in [0.717, 1.165) is 6.42 Å². The summed E-state index contributed by atoms with van der Waals surface area (Å²) < 4.78 is 0. The quantitative estimate of drug-likeness (QED) is 0.451. The molecule has 90 valence electrons. The minimum atomic E-state index is -0.941. The molecule has 15 heavy (non-hydrogen) atoms. The van der Waals surface area contributed by atoms with Crippen LogP contribution in [0.1, 0.15) is 26.7 Å². The van der Waals surface area contributed by atoms with Crippen molar-refractivity contribution < 1.29 is 15.0 Å². The summed E-state index contributed by atoms with van der Waals surface area (Å²) in [5, 5.41) is 20.6. The molecule has 1 atom stereocenters. The first kappa shape index (κ1) is 14.3. The molecule has 1 amide bonds. The summed E-state index contributed by atoms with van der Waals surface area (Å²) in [7, 11) is 0. The third-order valence-electron chi connectivity index (χ3n) is 2.52. The number of hydrogen-bond donors (Lipinski definition) is 4. The van der Waals surface area contributed by atoms with Crippen molar-refractivity contribution in [1.82, 2.24) is 5.32 Å². The molecular formula is C10H22N2O3. The lowest BCUT2D eigenvalue weighted by molar-refractivity contribution is -0.125. The standard InChI is InChI=1S/C10H22N2O3/c1-3-8(5-11)4-9(15)12-10(2,6-13)7-14/h8,13-14H,3-7,11H2,1-2H3,(H,12,15). The van der Waals surface area contributed by atoms with Gasteiger partial charge in [0.2, 0.25) is 5.91 Å². The van der Waals surface area contributed by atoms with Gasteiger partial charge in [-0.15, -0.1) is 0 Å². The Bertz CT molecular complexity index is 189. The topological polar surface area (TPSA) is 95.6 Å². The molecule has 0 radical (unpaired) electrons. The van der Waals surface area contributed by atoms with Crippen LogP contribution in [0, 0.1) is 5.92 Å². The Hall–Kier alpha value is -0.650. The first-order valence-electron chi connectivity index (χ1n) is 5.24. The number of hydrogen-bond acceptors (Lipinski definition) is 4. The number of nitrogens with two attached hydrogens (primary N) is 1. The normalized spacial score (nSPS) is 13.7. The first-order valence-corrected chi connectivity index (χ1v) is 5.24. The summed E-state index contributed by atoms with van der Waals surface area (Å²) in [6.45, 7) is 3.47. The molecule has 1 unspecified atom stereocenters. The molecule has 0 bridgehead atoms. The zero-order chi connectivity index (χ0) is 11.9. The van der Waals surface area contributed by atoms with E-state index in [0.29, 0.717) is 13.0 Å². The highest BCUT2D eigenvalue weighted by Gasteiger charge is 2.25. The van der Waals surface area contributed by atoms with Crippen molar-refractivity contribution in [2.75, 3.05) is 19.8 Å². The van der Waals surface area contributed by atoms with Crippen molar-refractivity contribution in [3.8, 4) is 0 Å². The molecule has 0 aromatic carbocycles. The molecule has 0 aliphatic rings. The molecule has 0 spiro atoms. The third kappa shape index (κ3) is 5.11. The fourth-order valence-electron chi connectivity index (χ4n) is 1.17. The molecule has 0 aromatic heterocycles. The summed E-state index contributed by atoms with van der Waals surface area (Å²) in [6, 6.07) is 0. The summed E-state index contributed by atoms with van der Waals surface area (Å²) in [5.41, 5.74) is 4.54. The molecule has 0 rings (SSSR count). The van der Waals surface area contributed by atoms with Crippen LogP contribution in [0.15, 0.2) is 0 Å². The molecule has 5 heteroatoms. The van der Waals surface area contributed by atoms with Crippen LogP contribution in [0.3, 0.4) is 0 Å². The number of amides is 1. The highest BCUT2D eigenvalue weighted by Crippen LogP contribution is 2.08. The Morgan fingerprint density at radius 3 is 2.33 bits per heavy atom. The number of rotatable bonds is 7. The average molecular weight is 218 g/mol. The summed E-state index contributed by atoms with van der Waals surface area (Å²) in [6.07, 6.45) is 1.18. The molecule has 5 nitrogen and oxygen atoms in total. The summed E-state index contributed by atoms with van der Waals surface area (Å²) in [5.74, 6) is -0.0236. The lowest BCUT2D eigenvalue weighted by Crippen LogP contribution is -2.52. The Morgan fingerprint density at radius 1 is 1.47 bits per heavy atom. The van der Waals surface area contributed by atoms with Gasteiger partial charge in [-0.25, -0.2) is 0 Å². The van der Waals surface area contributed by atoms with E-state index in [-0.39, 0.29) is 25.0 Å². The van der Waals surface area contributed by atoms with Crippen LogP contribution in [0.2, 0.25) is 0 Å². The third-order valence-corrected chi connectivity index (χ3v) is 2.52. The molecule has 0 saturated heterocycles. The van der Waals surface area contributed by atoms with Crippen molar-refractivity contribution in [3.63, 3.8) is 0 Å². The zero-order valence-corrected chi connectivity index (χ0v) is 9.49. The van der Waals surface area contributed by atoms with Crippen LogP contribution in [-0.4, -0.2) is 41.4 Å². The van der Waals surface area contributed by atoms with Gasteiger partial charge in [-0.2, -0.15) is 0 Å². The SMILES string of the molecule is CCC(CN)CC(=O)NC(C)(CO)CO. The van der Waals surface area contributed by atoms with Crippen molar-refractivity contribution in [2.24, 2.45) is 11.7 Å². The second-order valence-corrected chi connectivity index (χ2v) is 4.14. The monoisotopic (exact) mass is 218 g/mol. The van der Waals surface area contributed by atoms with Crippen molar-refractivity contribution in [2.45, 2.75) is 32.2 Å². The van der Waals surface area contributed by atoms with Crippen LogP contribution < -0.4 is 11.1 Å². The molecule has 0 aliphatic carbocycles. The highest BCUT2D eigenvalue weighted by molar-refractivity contribution is 5.77. The number of carbonyl (C=O) groups is 1. The van der Waals surface area contributed by atoms with E-state index in [2.05, 4.69) is 5.32 Å². The van der Waals surface area contributed by atoms with E-state index >= 15 is 0 Å². The predicted molar refractivity (Wildman–Crippen MR) is 58.2 cm³/mol. The van der Waals surface area contributed by atoms with Gasteiger partial charge in [-0.1, -0.05) is 13.3 Å². The smallest absolute Gasteiger partial charge is 0.220 e. The molecule has 0 heterocycles. The van der Waals surface area contributed by atoms with Crippen LogP contribution in [0.25, 0.3) is 0 Å². The average Bonchev–Trinajstić information content (AvgIpc) is 2.25. The van der Waals surface area contributed by atoms with Gasteiger partial charge in [0.1, 0.15) is 0 Å². The van der Waals surface area contributed by atoms with E-state index in [9.17, 15) is 4.79 Å². The largest absolute Gasteiger partial charge is 0.394 e. The Kier molecular flexibility index (Phi) is 6.47. The number of nitrogens with one attached hydrogen (secondary N) is 1. The number of carbonyl (C=O) groups excluding carboxylic acids is 1. The lowest BCUT2D eigenvalue weighted by atomic mass is 10.00. The molecule has 0 saturated carbocycles. The minimum absolute atomic E-state index is 0.159. The molecule has 0 aromatic rings. The Balaban J connectivity index is 4.12. The molecule has 0 aliphatic heterocycles. The fraction of sp³-hybridized carbons (Fsp3) is 0.900. The lowest BCUT2D eigenvalue weighted by Gasteiger charge is -2.27. The van der Waals surface area contributed by atoms with Crippen LogP contribution in [0.5, 0.6) is 0 Å². The van der Waals surface area contributed by atoms with Gasteiger partial charge in [0.25, 0.3) is 0 Å². The zero-order valence-electron chi connectivity index (χ0n) is 9.49. The number of aliphatic hydroxyl groups is 2. The van der Waals surface area contributed by atoms with Gasteiger partial charge in [0.15, 0.2) is 0 Å². The van der Waals surface area contributed by atoms with Crippen LogP contribution in [-0.2, 0) is 4.79 Å². The van der Waals surface area contributed by atoms with E-state index in [4.69, 9.17) is 15.9 Å². The molecule has 0 fully saturated rings. The maximum absolute atomic E-state index is 11.5. The van der Waals surface area contributed by atoms with Gasteiger partial charge < -0.3 is 21.3 Å². The van der Waals surface area contributed by atoms with Crippen molar-refractivity contribution in [1.29, 1.82) is 0 Å². The maximum atomic E-state index is 11.5. The van der Waals surface area contributed by atoms with Crippen LogP contribution >= 0.6 is 0 Å². The van der Waals surface area contributed by atoms with E-state index in [1.165, 1.54) is 0 Å². The van der Waals surface area contributed by atoms with E-state index < -0.39 is 5.54 Å². The molecule has 5 N–H and O–H groups in total. The van der Waals surface area contributed by atoms with Crippen molar-refractivity contribution in [3.05, 3.63) is 0 Å². The highest BCUT2D eigenvalue weighted by atomic mass is 16.3. The van der Waals surface area contributed by atoms with Gasteiger partial charge in [0.05, 0.1) is 18.8 Å². The Labute approximate surface area is 90.7 Å². The van der Waals surface area contributed by atoms with Gasteiger partial charge >= 0.3 is 0 Å². The second kappa shape index (κ2) is 6.76. The number of aliphatic hydroxyl groups excluding tert-OH is 2.